The zero-order chi connectivity index (χ0) is 13.8. The Bertz CT molecular complexity index is 607. The number of halogens is 1. The molecule has 8 heteroatoms. The first-order valence-electron chi connectivity index (χ1n) is 4.80. The van der Waals surface area contributed by atoms with Crippen molar-refractivity contribution < 1.29 is 17.6 Å². The van der Waals surface area contributed by atoms with E-state index in [-0.39, 0.29) is 10.6 Å². The van der Waals surface area contributed by atoms with Crippen LogP contribution >= 0.6 is 0 Å². The van der Waals surface area contributed by atoms with Crippen LogP contribution in [0.25, 0.3) is 0 Å². The molecular weight excluding hydrogens is 261 g/mol. The van der Waals surface area contributed by atoms with Crippen LogP contribution in [-0.2, 0) is 14.8 Å². The number of amides is 1. The molecule has 6 nitrogen and oxygen atoms in total. The summed E-state index contributed by atoms with van der Waals surface area (Å²) in [5, 5.41) is 10.4. The Balaban J connectivity index is 3.11. The van der Waals surface area contributed by atoms with Gasteiger partial charge in [0.05, 0.1) is 16.7 Å². The maximum atomic E-state index is 13.3. The van der Waals surface area contributed by atoms with Gasteiger partial charge in [-0.15, -0.1) is 0 Å². The molecule has 1 rings (SSSR count). The number of sulfonamides is 1. The predicted octanol–water partition coefficient (Wildman–Crippen LogP) is 0.586. The summed E-state index contributed by atoms with van der Waals surface area (Å²) in [5.41, 5.74) is -0.286. The van der Waals surface area contributed by atoms with Gasteiger partial charge in [-0.3, -0.25) is 4.79 Å². The van der Waals surface area contributed by atoms with Crippen molar-refractivity contribution in [3.05, 3.63) is 24.0 Å². The lowest BCUT2D eigenvalue weighted by Crippen LogP contribution is -2.19. The Kier molecular flexibility index (Phi) is 4.36. The Labute approximate surface area is 103 Å². The fraction of sp³-hybridized carbons (Fsp3) is 0.200. The van der Waals surface area contributed by atoms with Crippen molar-refractivity contribution in [1.29, 1.82) is 5.26 Å². The van der Waals surface area contributed by atoms with Gasteiger partial charge in [0.2, 0.25) is 15.9 Å². The van der Waals surface area contributed by atoms with Crippen LogP contribution in [0, 0.1) is 17.1 Å². The van der Waals surface area contributed by atoms with Crippen LogP contribution in [0.1, 0.15) is 6.42 Å². The highest BCUT2D eigenvalue weighted by atomic mass is 32.2. The standard InChI is InChI=1S/C10H10FN3O3S/c1-13-18(16,17)7-2-3-8(11)9(6-7)14-10(15)4-5-12/h2-3,6,13H,4H2,1H3,(H,14,15). The molecule has 0 radical (unpaired) electrons. The zero-order valence-corrected chi connectivity index (χ0v) is 10.2. The molecule has 0 aliphatic rings. The minimum Gasteiger partial charge on any atom is -0.323 e. The smallest absolute Gasteiger partial charge is 0.240 e. The first kappa shape index (κ1) is 14.1. The third-order valence-corrected chi connectivity index (χ3v) is 3.44. The molecule has 1 aromatic carbocycles. The Hall–Kier alpha value is -1.98. The lowest BCUT2D eigenvalue weighted by atomic mass is 10.3. The fourth-order valence-corrected chi connectivity index (χ4v) is 1.91. The maximum absolute atomic E-state index is 13.3. The maximum Gasteiger partial charge on any atom is 0.240 e. The van der Waals surface area contributed by atoms with Crippen molar-refractivity contribution in [2.24, 2.45) is 0 Å². The second kappa shape index (κ2) is 5.57. The van der Waals surface area contributed by atoms with Crippen LogP contribution in [0.3, 0.4) is 0 Å². The molecule has 18 heavy (non-hydrogen) atoms. The molecule has 0 spiro atoms. The molecule has 2 N–H and O–H groups in total. The van der Waals surface area contributed by atoms with Gasteiger partial charge in [0.25, 0.3) is 0 Å². The highest BCUT2D eigenvalue weighted by molar-refractivity contribution is 7.89. The van der Waals surface area contributed by atoms with Gasteiger partial charge < -0.3 is 5.32 Å². The van der Waals surface area contributed by atoms with E-state index in [4.69, 9.17) is 5.26 Å². The van der Waals surface area contributed by atoms with Crippen LogP contribution in [0.4, 0.5) is 10.1 Å². The first-order chi connectivity index (χ1) is 8.40. The largest absolute Gasteiger partial charge is 0.323 e. The van der Waals surface area contributed by atoms with Crippen molar-refractivity contribution in [3.63, 3.8) is 0 Å². The summed E-state index contributed by atoms with van der Waals surface area (Å²) in [7, 11) is -2.50. The van der Waals surface area contributed by atoms with Crippen LogP contribution in [-0.4, -0.2) is 21.4 Å². The molecule has 1 amide bonds. The quantitative estimate of drug-likeness (QED) is 0.837. The lowest BCUT2D eigenvalue weighted by Gasteiger charge is -2.07. The van der Waals surface area contributed by atoms with Crippen molar-refractivity contribution in [3.8, 4) is 6.07 Å². The molecule has 0 atom stereocenters. The number of nitriles is 1. The van der Waals surface area contributed by atoms with Gasteiger partial charge in [0.1, 0.15) is 12.2 Å². The van der Waals surface area contributed by atoms with Gasteiger partial charge in [-0.1, -0.05) is 0 Å². The molecule has 0 heterocycles. The van der Waals surface area contributed by atoms with Crippen molar-refractivity contribution >= 4 is 21.6 Å². The molecular formula is C10H10FN3O3S. The summed E-state index contributed by atoms with van der Waals surface area (Å²) < 4.78 is 38.4. The lowest BCUT2D eigenvalue weighted by molar-refractivity contribution is -0.115. The second-order valence-corrected chi connectivity index (χ2v) is 5.12. The number of carbonyl (C=O) groups is 1. The molecule has 0 aliphatic carbocycles. The molecule has 0 saturated heterocycles. The van der Waals surface area contributed by atoms with E-state index in [1.807, 2.05) is 0 Å². The average molecular weight is 271 g/mol. The summed E-state index contributed by atoms with van der Waals surface area (Å²) in [6.45, 7) is 0. The molecule has 0 aromatic heterocycles. The predicted molar refractivity (Wildman–Crippen MR) is 61.5 cm³/mol. The minimum atomic E-state index is -3.72. The van der Waals surface area contributed by atoms with Gasteiger partial charge in [-0.05, 0) is 25.2 Å². The van der Waals surface area contributed by atoms with Gasteiger partial charge >= 0.3 is 0 Å². The van der Waals surface area contributed by atoms with Crippen molar-refractivity contribution in [2.45, 2.75) is 11.3 Å². The van der Waals surface area contributed by atoms with E-state index in [2.05, 4.69) is 10.0 Å². The van der Waals surface area contributed by atoms with Gasteiger partial charge in [-0.25, -0.2) is 17.5 Å². The number of anilines is 1. The summed E-state index contributed by atoms with van der Waals surface area (Å²) in [6.07, 6.45) is -0.442. The second-order valence-electron chi connectivity index (χ2n) is 3.23. The highest BCUT2D eigenvalue weighted by Crippen LogP contribution is 2.19. The number of hydrogen-bond acceptors (Lipinski definition) is 4. The summed E-state index contributed by atoms with van der Waals surface area (Å²) in [5.74, 6) is -1.49. The molecule has 0 unspecified atom stereocenters. The van der Waals surface area contributed by atoms with E-state index >= 15 is 0 Å². The molecule has 0 fully saturated rings. The molecule has 96 valence electrons. The third-order valence-electron chi connectivity index (χ3n) is 2.03. The van der Waals surface area contributed by atoms with Crippen molar-refractivity contribution in [2.75, 3.05) is 12.4 Å². The fourth-order valence-electron chi connectivity index (χ4n) is 1.15. The number of rotatable bonds is 4. The summed E-state index contributed by atoms with van der Waals surface area (Å²) >= 11 is 0. The van der Waals surface area contributed by atoms with E-state index in [1.165, 1.54) is 7.05 Å². The number of hydrogen-bond donors (Lipinski definition) is 2. The van der Waals surface area contributed by atoms with Gasteiger partial charge in [0.15, 0.2) is 0 Å². The van der Waals surface area contributed by atoms with E-state index in [0.29, 0.717) is 0 Å². The normalized spacial score (nSPS) is 10.7. The number of nitrogens with zero attached hydrogens (tertiary/aromatic N) is 1. The van der Waals surface area contributed by atoms with Crippen LogP contribution in [0.2, 0.25) is 0 Å². The summed E-state index contributed by atoms with van der Waals surface area (Å²) in [6, 6.07) is 4.57. The third kappa shape index (κ3) is 3.26. The SMILES string of the molecule is CNS(=O)(=O)c1ccc(F)c(NC(=O)CC#N)c1. The monoisotopic (exact) mass is 271 g/mol. The minimum absolute atomic E-state index is 0.182. The molecule has 0 aliphatic heterocycles. The number of benzene rings is 1. The van der Waals surface area contributed by atoms with Crippen LogP contribution in [0.15, 0.2) is 23.1 Å². The highest BCUT2D eigenvalue weighted by Gasteiger charge is 2.15. The van der Waals surface area contributed by atoms with E-state index in [1.54, 1.807) is 6.07 Å². The Morgan fingerprint density at radius 1 is 1.50 bits per heavy atom. The first-order valence-corrected chi connectivity index (χ1v) is 6.29. The Morgan fingerprint density at radius 2 is 2.17 bits per heavy atom. The average Bonchev–Trinajstić information content (AvgIpc) is 2.32. The van der Waals surface area contributed by atoms with Gasteiger partial charge in [0, 0.05) is 0 Å². The number of carbonyl (C=O) groups excluding carboxylic acids is 1. The zero-order valence-electron chi connectivity index (χ0n) is 9.40. The molecule has 0 bridgehead atoms. The van der Waals surface area contributed by atoms with E-state index < -0.39 is 28.2 Å². The topological polar surface area (TPSA) is 99.1 Å². The van der Waals surface area contributed by atoms with E-state index in [0.717, 1.165) is 18.2 Å². The summed E-state index contributed by atoms with van der Waals surface area (Å²) in [4.78, 5) is 10.9. The van der Waals surface area contributed by atoms with E-state index in [9.17, 15) is 17.6 Å². The van der Waals surface area contributed by atoms with Crippen molar-refractivity contribution in [1.82, 2.24) is 4.72 Å². The molecule has 0 saturated carbocycles. The van der Waals surface area contributed by atoms with Gasteiger partial charge in [-0.2, -0.15) is 5.26 Å². The number of nitrogens with one attached hydrogen (secondary N) is 2. The van der Waals surface area contributed by atoms with Crippen LogP contribution in [0.5, 0.6) is 0 Å². The van der Waals surface area contributed by atoms with Crippen LogP contribution < -0.4 is 10.0 Å². The molecule has 1 aromatic rings. The Morgan fingerprint density at radius 3 is 2.72 bits per heavy atom.